The number of hydrogen-bond donors (Lipinski definition) is 1. The number of aromatic carboxylic acids is 1. The molecule has 0 saturated heterocycles. The first kappa shape index (κ1) is 16.1. The van der Waals surface area contributed by atoms with Crippen molar-refractivity contribution in [3.63, 3.8) is 0 Å². The van der Waals surface area contributed by atoms with Crippen molar-refractivity contribution in [3.05, 3.63) is 59.7 Å². The lowest BCUT2D eigenvalue weighted by molar-refractivity contribution is 0.0663. The molecule has 0 aliphatic heterocycles. The van der Waals surface area contributed by atoms with Crippen molar-refractivity contribution < 1.29 is 14.7 Å². The standard InChI is InChI=1S/C18H19N3O3/c22-17(15-9-20-16(10-19-15)18(23)24)21(12-14-7-4-8-14)11-13-5-2-1-3-6-13/h1-3,5-6,9-10,14H,4,7-8,11-12H2,(H,23,24). The molecule has 2 aromatic rings. The second-order valence-electron chi connectivity index (χ2n) is 6.06. The molecule has 6 nitrogen and oxygen atoms in total. The molecule has 0 atom stereocenters. The van der Waals surface area contributed by atoms with E-state index in [0.717, 1.165) is 24.6 Å². The summed E-state index contributed by atoms with van der Waals surface area (Å²) >= 11 is 0. The molecule has 1 aromatic carbocycles. The minimum absolute atomic E-state index is 0.167. The van der Waals surface area contributed by atoms with Crippen LogP contribution in [0.4, 0.5) is 0 Å². The Morgan fingerprint density at radius 3 is 2.29 bits per heavy atom. The van der Waals surface area contributed by atoms with Gasteiger partial charge in [-0.2, -0.15) is 0 Å². The van der Waals surface area contributed by atoms with Crippen LogP contribution >= 0.6 is 0 Å². The van der Waals surface area contributed by atoms with Gasteiger partial charge in [-0.15, -0.1) is 0 Å². The number of aromatic nitrogens is 2. The summed E-state index contributed by atoms with van der Waals surface area (Å²) < 4.78 is 0. The summed E-state index contributed by atoms with van der Waals surface area (Å²) in [6.07, 6.45) is 5.86. The number of amides is 1. The minimum atomic E-state index is -1.16. The molecule has 0 radical (unpaired) electrons. The summed E-state index contributed by atoms with van der Waals surface area (Å²) in [7, 11) is 0. The van der Waals surface area contributed by atoms with E-state index in [4.69, 9.17) is 5.11 Å². The lowest BCUT2D eigenvalue weighted by atomic mass is 9.85. The monoisotopic (exact) mass is 325 g/mol. The largest absolute Gasteiger partial charge is 0.476 e. The van der Waals surface area contributed by atoms with E-state index in [9.17, 15) is 9.59 Å². The zero-order chi connectivity index (χ0) is 16.9. The number of rotatable bonds is 6. The molecule has 1 heterocycles. The number of carboxylic acid groups (broad SMARTS) is 1. The van der Waals surface area contributed by atoms with E-state index < -0.39 is 5.97 Å². The molecule has 124 valence electrons. The first-order chi connectivity index (χ1) is 11.6. The molecule has 3 rings (SSSR count). The molecule has 1 fully saturated rings. The van der Waals surface area contributed by atoms with Crippen molar-refractivity contribution in [1.82, 2.24) is 14.9 Å². The third kappa shape index (κ3) is 3.76. The lowest BCUT2D eigenvalue weighted by Crippen LogP contribution is -2.37. The van der Waals surface area contributed by atoms with E-state index in [1.54, 1.807) is 4.90 Å². The van der Waals surface area contributed by atoms with Crippen LogP contribution in [0.15, 0.2) is 42.7 Å². The topological polar surface area (TPSA) is 83.4 Å². The van der Waals surface area contributed by atoms with Crippen molar-refractivity contribution in [2.75, 3.05) is 6.54 Å². The van der Waals surface area contributed by atoms with Gasteiger partial charge in [0, 0.05) is 13.1 Å². The van der Waals surface area contributed by atoms with Crippen LogP contribution in [0.2, 0.25) is 0 Å². The zero-order valence-electron chi connectivity index (χ0n) is 13.3. The lowest BCUT2D eigenvalue weighted by Gasteiger charge is -2.32. The van der Waals surface area contributed by atoms with Gasteiger partial charge >= 0.3 is 5.97 Å². The molecule has 24 heavy (non-hydrogen) atoms. The highest BCUT2D eigenvalue weighted by Crippen LogP contribution is 2.28. The number of carboxylic acids is 1. The highest BCUT2D eigenvalue weighted by molar-refractivity contribution is 5.92. The van der Waals surface area contributed by atoms with Gasteiger partial charge in [-0.25, -0.2) is 14.8 Å². The van der Waals surface area contributed by atoms with Crippen LogP contribution in [-0.2, 0) is 6.54 Å². The Labute approximate surface area is 140 Å². The van der Waals surface area contributed by atoms with Crippen LogP contribution in [0.25, 0.3) is 0 Å². The van der Waals surface area contributed by atoms with Crippen LogP contribution < -0.4 is 0 Å². The number of nitrogens with zero attached hydrogens (tertiary/aromatic N) is 3. The smallest absolute Gasteiger partial charge is 0.356 e. The fourth-order valence-corrected chi connectivity index (χ4v) is 2.72. The molecule has 0 bridgehead atoms. The van der Waals surface area contributed by atoms with Crippen LogP contribution in [0, 0.1) is 5.92 Å². The van der Waals surface area contributed by atoms with E-state index in [0.29, 0.717) is 19.0 Å². The maximum Gasteiger partial charge on any atom is 0.356 e. The fraction of sp³-hybridized carbons (Fsp3) is 0.333. The van der Waals surface area contributed by atoms with Gasteiger partial charge in [0.15, 0.2) is 5.69 Å². The molecule has 0 unspecified atom stereocenters. The molecule has 1 aliphatic rings. The van der Waals surface area contributed by atoms with E-state index in [1.807, 2.05) is 30.3 Å². The van der Waals surface area contributed by atoms with Crippen LogP contribution in [-0.4, -0.2) is 38.4 Å². The van der Waals surface area contributed by atoms with E-state index in [1.165, 1.54) is 12.6 Å². The van der Waals surface area contributed by atoms with Gasteiger partial charge in [-0.3, -0.25) is 4.79 Å². The molecule has 0 spiro atoms. The molecule has 1 amide bonds. The maximum absolute atomic E-state index is 12.8. The Morgan fingerprint density at radius 1 is 1.08 bits per heavy atom. The molecule has 1 saturated carbocycles. The summed E-state index contributed by atoms with van der Waals surface area (Å²) in [6.45, 7) is 1.20. The average molecular weight is 325 g/mol. The number of benzene rings is 1. The van der Waals surface area contributed by atoms with Gasteiger partial charge in [-0.05, 0) is 24.3 Å². The Morgan fingerprint density at radius 2 is 1.75 bits per heavy atom. The summed E-state index contributed by atoms with van der Waals surface area (Å²) in [5.41, 5.74) is 1.07. The summed E-state index contributed by atoms with van der Waals surface area (Å²) in [4.78, 5) is 33.2. The van der Waals surface area contributed by atoms with E-state index >= 15 is 0 Å². The fourth-order valence-electron chi connectivity index (χ4n) is 2.72. The van der Waals surface area contributed by atoms with Gasteiger partial charge in [0.2, 0.25) is 0 Å². The third-order valence-corrected chi connectivity index (χ3v) is 4.30. The number of carbonyl (C=O) groups excluding carboxylic acids is 1. The molecule has 1 aromatic heterocycles. The molecule has 1 aliphatic carbocycles. The van der Waals surface area contributed by atoms with Crippen LogP contribution in [0.5, 0.6) is 0 Å². The van der Waals surface area contributed by atoms with E-state index in [-0.39, 0.29) is 17.3 Å². The van der Waals surface area contributed by atoms with Crippen molar-refractivity contribution in [1.29, 1.82) is 0 Å². The van der Waals surface area contributed by atoms with Gasteiger partial charge in [0.1, 0.15) is 5.69 Å². The molecular formula is C18H19N3O3. The van der Waals surface area contributed by atoms with E-state index in [2.05, 4.69) is 9.97 Å². The van der Waals surface area contributed by atoms with Crippen molar-refractivity contribution in [3.8, 4) is 0 Å². The highest BCUT2D eigenvalue weighted by atomic mass is 16.4. The quantitative estimate of drug-likeness (QED) is 0.882. The maximum atomic E-state index is 12.8. The molecular weight excluding hydrogens is 306 g/mol. The minimum Gasteiger partial charge on any atom is -0.476 e. The summed E-state index contributed by atoms with van der Waals surface area (Å²) in [6, 6.07) is 9.81. The van der Waals surface area contributed by atoms with Gasteiger partial charge in [-0.1, -0.05) is 36.8 Å². The van der Waals surface area contributed by atoms with Crippen molar-refractivity contribution in [2.24, 2.45) is 5.92 Å². The molecule has 6 heteroatoms. The average Bonchev–Trinajstić information content (AvgIpc) is 2.57. The van der Waals surface area contributed by atoms with Gasteiger partial charge in [0.05, 0.1) is 12.4 Å². The highest BCUT2D eigenvalue weighted by Gasteiger charge is 2.25. The van der Waals surface area contributed by atoms with Crippen LogP contribution in [0.1, 0.15) is 45.8 Å². The number of hydrogen-bond acceptors (Lipinski definition) is 4. The van der Waals surface area contributed by atoms with Crippen molar-refractivity contribution in [2.45, 2.75) is 25.8 Å². The van der Waals surface area contributed by atoms with Gasteiger partial charge in [0.25, 0.3) is 5.91 Å². The second kappa shape index (κ2) is 7.21. The van der Waals surface area contributed by atoms with Crippen molar-refractivity contribution >= 4 is 11.9 Å². The third-order valence-electron chi connectivity index (χ3n) is 4.30. The molecule has 1 N–H and O–H groups in total. The summed E-state index contributed by atoms with van der Waals surface area (Å²) in [5.74, 6) is -0.837. The zero-order valence-corrected chi connectivity index (χ0v) is 13.3. The Bertz CT molecular complexity index is 712. The summed E-state index contributed by atoms with van der Waals surface area (Å²) in [5, 5.41) is 8.88. The first-order valence-electron chi connectivity index (χ1n) is 8.02. The second-order valence-corrected chi connectivity index (χ2v) is 6.06. The van der Waals surface area contributed by atoms with Crippen LogP contribution in [0.3, 0.4) is 0 Å². The predicted molar refractivity (Wildman–Crippen MR) is 87.5 cm³/mol. The number of carbonyl (C=O) groups is 2. The van der Waals surface area contributed by atoms with Gasteiger partial charge < -0.3 is 10.0 Å². The Hall–Kier alpha value is -2.76. The normalized spacial score (nSPS) is 14.0. The Balaban J connectivity index is 1.77. The SMILES string of the molecule is O=C(O)c1cnc(C(=O)N(Cc2ccccc2)CC2CCC2)cn1. The Kier molecular flexibility index (Phi) is 4.84. The first-order valence-corrected chi connectivity index (χ1v) is 8.02. The predicted octanol–water partition coefficient (Wildman–Crippen LogP) is 2.62.